The van der Waals surface area contributed by atoms with Crippen molar-refractivity contribution in [2.45, 2.75) is 59.0 Å². The molecule has 0 aliphatic carbocycles. The molecule has 0 saturated heterocycles. The molecule has 0 aliphatic heterocycles. The number of unbranched alkanes of at least 4 members (excludes halogenated alkanes) is 3. The largest absolute Gasteiger partial charge is 0.444 e. The Morgan fingerprint density at radius 1 is 1.18 bits per heavy atom. The highest BCUT2D eigenvalue weighted by Crippen LogP contribution is 2.08. The quantitative estimate of drug-likeness (QED) is 0.675. The topological polar surface area (TPSA) is 38.3 Å². The monoisotopic (exact) mass is 261 g/mol. The van der Waals surface area contributed by atoms with Crippen LogP contribution in [0.3, 0.4) is 0 Å². The fraction of sp³-hybridized carbons (Fsp3) is 0.923. The van der Waals surface area contributed by atoms with E-state index in [0.29, 0.717) is 0 Å². The van der Waals surface area contributed by atoms with Gasteiger partial charge in [0, 0.05) is 6.54 Å². The molecule has 0 radical (unpaired) electrons. The van der Waals surface area contributed by atoms with Gasteiger partial charge in [-0.15, -0.1) is 0 Å². The van der Waals surface area contributed by atoms with Crippen molar-refractivity contribution in [1.82, 2.24) is 5.32 Å². The van der Waals surface area contributed by atoms with E-state index in [1.54, 1.807) is 0 Å². The molecule has 4 heteroatoms. The fourth-order valence-electron chi connectivity index (χ4n) is 1.33. The van der Waals surface area contributed by atoms with E-state index in [2.05, 4.69) is 12.2 Å². The summed E-state index contributed by atoms with van der Waals surface area (Å²) in [6, 6.07) is 0. The first-order valence-electron chi connectivity index (χ1n) is 6.50. The SMILES string of the molecule is CCSCCCCCCNC(=O)OC(C)(C)C. The second-order valence-corrected chi connectivity index (χ2v) is 6.43. The number of hydrogen-bond acceptors (Lipinski definition) is 3. The van der Waals surface area contributed by atoms with Crippen LogP contribution in [0.25, 0.3) is 0 Å². The number of rotatable bonds is 8. The van der Waals surface area contributed by atoms with Crippen LogP contribution in [0.4, 0.5) is 4.79 Å². The van der Waals surface area contributed by atoms with E-state index >= 15 is 0 Å². The van der Waals surface area contributed by atoms with Gasteiger partial charge in [-0.3, -0.25) is 0 Å². The maximum absolute atomic E-state index is 11.3. The maximum atomic E-state index is 11.3. The molecule has 0 aromatic rings. The summed E-state index contributed by atoms with van der Waals surface area (Å²) in [7, 11) is 0. The summed E-state index contributed by atoms with van der Waals surface area (Å²) in [5, 5.41) is 2.77. The van der Waals surface area contributed by atoms with Crippen LogP contribution in [-0.4, -0.2) is 29.7 Å². The first-order chi connectivity index (χ1) is 7.95. The summed E-state index contributed by atoms with van der Waals surface area (Å²) >= 11 is 1.99. The Hall–Kier alpha value is -0.380. The Morgan fingerprint density at radius 2 is 1.82 bits per heavy atom. The molecule has 0 fully saturated rings. The second-order valence-electron chi connectivity index (χ2n) is 5.04. The fourth-order valence-corrected chi connectivity index (χ4v) is 2.03. The Bertz CT molecular complexity index is 202. The maximum Gasteiger partial charge on any atom is 0.407 e. The third-order valence-corrected chi connectivity index (χ3v) is 3.07. The highest BCUT2D eigenvalue weighted by atomic mass is 32.2. The van der Waals surface area contributed by atoms with Crippen molar-refractivity contribution in [2.75, 3.05) is 18.1 Å². The van der Waals surface area contributed by atoms with E-state index in [1.165, 1.54) is 30.8 Å². The summed E-state index contributed by atoms with van der Waals surface area (Å²) in [5.41, 5.74) is -0.401. The van der Waals surface area contributed by atoms with Crippen LogP contribution < -0.4 is 5.32 Å². The number of hydrogen-bond donors (Lipinski definition) is 1. The van der Waals surface area contributed by atoms with Crippen LogP contribution >= 0.6 is 11.8 Å². The predicted molar refractivity (Wildman–Crippen MR) is 75.7 cm³/mol. The Labute approximate surface area is 110 Å². The summed E-state index contributed by atoms with van der Waals surface area (Å²) in [4.78, 5) is 11.3. The van der Waals surface area contributed by atoms with Gasteiger partial charge in [-0.1, -0.05) is 19.8 Å². The third-order valence-electron chi connectivity index (χ3n) is 2.09. The predicted octanol–water partition coefficient (Wildman–Crippen LogP) is 3.82. The molecule has 0 aromatic heterocycles. The molecule has 17 heavy (non-hydrogen) atoms. The number of amides is 1. The smallest absolute Gasteiger partial charge is 0.407 e. The van der Waals surface area contributed by atoms with Crippen molar-refractivity contribution in [2.24, 2.45) is 0 Å². The van der Waals surface area contributed by atoms with Gasteiger partial charge in [0.1, 0.15) is 5.60 Å². The van der Waals surface area contributed by atoms with E-state index in [4.69, 9.17) is 4.74 Å². The molecule has 0 aromatic carbocycles. The summed E-state index contributed by atoms with van der Waals surface area (Å²) < 4.78 is 5.14. The molecule has 0 spiro atoms. The molecule has 1 amide bonds. The van der Waals surface area contributed by atoms with Gasteiger partial charge >= 0.3 is 6.09 Å². The first-order valence-corrected chi connectivity index (χ1v) is 7.66. The van der Waals surface area contributed by atoms with Crippen LogP contribution in [0.5, 0.6) is 0 Å². The lowest BCUT2D eigenvalue weighted by Crippen LogP contribution is -2.32. The van der Waals surface area contributed by atoms with Gasteiger partial charge in [0.15, 0.2) is 0 Å². The molecule has 0 bridgehead atoms. The highest BCUT2D eigenvalue weighted by molar-refractivity contribution is 7.99. The standard InChI is InChI=1S/C13H27NO2S/c1-5-17-11-9-7-6-8-10-14-12(15)16-13(2,3)4/h5-11H2,1-4H3,(H,14,15). The zero-order valence-corrected chi connectivity index (χ0v) is 12.5. The highest BCUT2D eigenvalue weighted by Gasteiger charge is 2.15. The van der Waals surface area contributed by atoms with E-state index in [-0.39, 0.29) is 6.09 Å². The summed E-state index contributed by atoms with van der Waals surface area (Å²) in [6.07, 6.45) is 4.45. The van der Waals surface area contributed by atoms with Gasteiger partial charge < -0.3 is 10.1 Å². The normalized spacial score (nSPS) is 11.3. The van der Waals surface area contributed by atoms with Crippen LogP contribution in [0.2, 0.25) is 0 Å². The molecule has 0 aliphatic rings. The number of carbonyl (C=O) groups excluding carboxylic acids is 1. The molecule has 0 atom stereocenters. The second kappa shape index (κ2) is 9.63. The van der Waals surface area contributed by atoms with E-state index < -0.39 is 5.60 Å². The lowest BCUT2D eigenvalue weighted by atomic mass is 10.2. The third kappa shape index (κ3) is 13.6. The minimum absolute atomic E-state index is 0.306. The lowest BCUT2D eigenvalue weighted by molar-refractivity contribution is 0.0527. The summed E-state index contributed by atoms with van der Waals surface area (Å²) in [5.74, 6) is 2.47. The van der Waals surface area contributed by atoms with Gasteiger partial charge in [0.05, 0.1) is 0 Å². The van der Waals surface area contributed by atoms with E-state index in [9.17, 15) is 4.79 Å². The van der Waals surface area contributed by atoms with E-state index in [0.717, 1.165) is 13.0 Å². The Kier molecular flexibility index (Phi) is 9.41. The van der Waals surface area contributed by atoms with Gasteiger partial charge in [-0.05, 0) is 45.1 Å². The van der Waals surface area contributed by atoms with Crippen molar-refractivity contribution in [3.05, 3.63) is 0 Å². The average molecular weight is 261 g/mol. The van der Waals surface area contributed by atoms with Gasteiger partial charge in [-0.25, -0.2) is 4.79 Å². The molecule has 102 valence electrons. The summed E-state index contributed by atoms with van der Waals surface area (Å²) in [6.45, 7) is 8.53. The lowest BCUT2D eigenvalue weighted by Gasteiger charge is -2.19. The molecular formula is C13H27NO2S. The number of ether oxygens (including phenoxy) is 1. The van der Waals surface area contributed by atoms with Gasteiger partial charge in [-0.2, -0.15) is 11.8 Å². The average Bonchev–Trinajstić information content (AvgIpc) is 2.19. The number of thioether (sulfide) groups is 1. The van der Waals surface area contributed by atoms with Crippen molar-refractivity contribution in [3.8, 4) is 0 Å². The zero-order chi connectivity index (χ0) is 13.1. The van der Waals surface area contributed by atoms with Crippen molar-refractivity contribution in [1.29, 1.82) is 0 Å². The number of alkyl carbamates (subject to hydrolysis) is 1. The van der Waals surface area contributed by atoms with Crippen LogP contribution in [-0.2, 0) is 4.74 Å². The minimum Gasteiger partial charge on any atom is -0.444 e. The molecule has 0 heterocycles. The molecule has 1 N–H and O–H groups in total. The molecule has 3 nitrogen and oxygen atoms in total. The van der Waals surface area contributed by atoms with Gasteiger partial charge in [0.25, 0.3) is 0 Å². The van der Waals surface area contributed by atoms with Crippen LogP contribution in [0.15, 0.2) is 0 Å². The van der Waals surface area contributed by atoms with E-state index in [1.807, 2.05) is 32.5 Å². The van der Waals surface area contributed by atoms with Gasteiger partial charge in [0.2, 0.25) is 0 Å². The number of nitrogens with one attached hydrogen (secondary N) is 1. The number of carbonyl (C=O) groups is 1. The van der Waals surface area contributed by atoms with Crippen LogP contribution in [0.1, 0.15) is 53.4 Å². The van der Waals surface area contributed by atoms with Crippen molar-refractivity contribution >= 4 is 17.9 Å². The zero-order valence-electron chi connectivity index (χ0n) is 11.7. The first kappa shape index (κ1) is 16.6. The Balaban J connectivity index is 3.25. The van der Waals surface area contributed by atoms with Crippen LogP contribution in [0, 0.1) is 0 Å². The Morgan fingerprint density at radius 3 is 2.41 bits per heavy atom. The van der Waals surface area contributed by atoms with Crippen molar-refractivity contribution < 1.29 is 9.53 Å². The molecule has 0 saturated carbocycles. The molecular weight excluding hydrogens is 234 g/mol. The molecule has 0 unspecified atom stereocenters. The molecule has 0 rings (SSSR count). The minimum atomic E-state index is -0.401. The van der Waals surface area contributed by atoms with Crippen molar-refractivity contribution in [3.63, 3.8) is 0 Å².